The summed E-state index contributed by atoms with van der Waals surface area (Å²) in [6.45, 7) is 7.65. The summed E-state index contributed by atoms with van der Waals surface area (Å²) in [6.07, 6.45) is 3.31. The second kappa shape index (κ2) is 7.95. The molecule has 0 saturated carbocycles. The van der Waals surface area contributed by atoms with Crippen molar-refractivity contribution in [2.24, 2.45) is 0 Å². The van der Waals surface area contributed by atoms with Crippen molar-refractivity contribution in [2.45, 2.75) is 39.2 Å². The topological polar surface area (TPSA) is 32.3 Å². The molecule has 3 rings (SSSR count). The zero-order valence-electron chi connectivity index (χ0n) is 14.5. The van der Waals surface area contributed by atoms with Crippen LogP contribution in [-0.2, 0) is 0 Å². The minimum atomic E-state index is 0.0783. The molecule has 0 bridgehead atoms. The number of piperidine rings is 1. The molecule has 1 amide bonds. The number of nitrogens with one attached hydrogen (secondary N) is 1. The second-order valence-corrected chi connectivity index (χ2v) is 7.53. The number of carbonyl (C=O) groups excluding carboxylic acids is 1. The van der Waals surface area contributed by atoms with Gasteiger partial charge in [-0.15, -0.1) is 11.3 Å². The Bertz CT molecular complexity index is 669. The van der Waals surface area contributed by atoms with Gasteiger partial charge >= 0.3 is 0 Å². The lowest BCUT2D eigenvalue weighted by molar-refractivity contribution is 0.0916. The van der Waals surface area contributed by atoms with E-state index in [1.807, 2.05) is 11.4 Å². The van der Waals surface area contributed by atoms with Gasteiger partial charge in [-0.3, -0.25) is 4.79 Å². The molecule has 1 aliphatic heterocycles. The van der Waals surface area contributed by atoms with Crippen LogP contribution in [0.25, 0.3) is 11.1 Å². The average molecular weight is 343 g/mol. The Labute approximate surface area is 148 Å². The van der Waals surface area contributed by atoms with E-state index in [2.05, 4.69) is 48.3 Å². The van der Waals surface area contributed by atoms with Gasteiger partial charge in [-0.25, -0.2) is 0 Å². The van der Waals surface area contributed by atoms with Gasteiger partial charge in [-0.1, -0.05) is 36.8 Å². The lowest BCUT2D eigenvalue weighted by atomic mass is 10.0. The Kier molecular flexibility index (Phi) is 5.69. The van der Waals surface area contributed by atoms with Gasteiger partial charge < -0.3 is 10.2 Å². The molecule has 0 aliphatic carbocycles. The monoisotopic (exact) mass is 342 g/mol. The van der Waals surface area contributed by atoms with E-state index < -0.39 is 0 Å². The molecule has 3 nitrogen and oxygen atoms in total. The maximum Gasteiger partial charge on any atom is 0.262 e. The van der Waals surface area contributed by atoms with Gasteiger partial charge in [0.2, 0.25) is 0 Å². The van der Waals surface area contributed by atoms with Crippen LogP contribution in [-0.4, -0.2) is 36.5 Å². The molecule has 1 aromatic heterocycles. The zero-order chi connectivity index (χ0) is 16.9. The van der Waals surface area contributed by atoms with Crippen molar-refractivity contribution in [3.05, 3.63) is 46.2 Å². The molecular weight excluding hydrogens is 316 g/mol. The number of aryl methyl sites for hydroxylation is 1. The summed E-state index contributed by atoms with van der Waals surface area (Å²) in [4.78, 5) is 16.0. The van der Waals surface area contributed by atoms with Crippen LogP contribution in [0.4, 0.5) is 0 Å². The SMILES string of the molecule is CCCN1CCC(NC(=O)c2sccc2-c2ccc(C)cc2)CC1. The standard InChI is InChI=1S/C20H26N2OS/c1-3-11-22-12-8-17(9-13-22)21-20(23)19-18(10-14-24-19)16-6-4-15(2)5-7-16/h4-7,10,14,17H,3,8-9,11-13H2,1-2H3,(H,21,23). The van der Waals surface area contributed by atoms with E-state index in [4.69, 9.17) is 0 Å². The molecule has 24 heavy (non-hydrogen) atoms. The Hall–Kier alpha value is -1.65. The summed E-state index contributed by atoms with van der Waals surface area (Å²) in [7, 11) is 0. The molecule has 0 unspecified atom stereocenters. The van der Waals surface area contributed by atoms with Gasteiger partial charge in [0, 0.05) is 24.7 Å². The highest BCUT2D eigenvalue weighted by atomic mass is 32.1. The van der Waals surface area contributed by atoms with Crippen molar-refractivity contribution in [3.8, 4) is 11.1 Å². The van der Waals surface area contributed by atoms with E-state index in [-0.39, 0.29) is 5.91 Å². The first-order valence-corrected chi connectivity index (χ1v) is 9.73. The number of nitrogens with zero attached hydrogens (tertiary/aromatic N) is 1. The van der Waals surface area contributed by atoms with Gasteiger partial charge in [-0.2, -0.15) is 0 Å². The lowest BCUT2D eigenvalue weighted by Gasteiger charge is -2.32. The van der Waals surface area contributed by atoms with Crippen LogP contribution >= 0.6 is 11.3 Å². The third-order valence-corrected chi connectivity index (χ3v) is 5.61. The van der Waals surface area contributed by atoms with Gasteiger partial charge in [0.25, 0.3) is 5.91 Å². The number of likely N-dealkylation sites (tertiary alicyclic amines) is 1. The molecule has 1 fully saturated rings. The summed E-state index contributed by atoms with van der Waals surface area (Å²) >= 11 is 1.53. The van der Waals surface area contributed by atoms with Crippen molar-refractivity contribution in [3.63, 3.8) is 0 Å². The Morgan fingerprint density at radius 2 is 1.92 bits per heavy atom. The summed E-state index contributed by atoms with van der Waals surface area (Å²) in [5.74, 6) is 0.0783. The molecule has 2 heterocycles. The van der Waals surface area contributed by atoms with Gasteiger partial charge in [0.1, 0.15) is 0 Å². The number of hydrogen-bond acceptors (Lipinski definition) is 3. The predicted molar refractivity (Wildman–Crippen MR) is 102 cm³/mol. The normalized spacial score (nSPS) is 16.2. The van der Waals surface area contributed by atoms with Gasteiger partial charge in [0.15, 0.2) is 0 Å². The summed E-state index contributed by atoms with van der Waals surface area (Å²) in [5, 5.41) is 5.26. The van der Waals surface area contributed by atoms with Crippen molar-refractivity contribution in [1.82, 2.24) is 10.2 Å². The van der Waals surface area contributed by atoms with E-state index in [1.54, 1.807) is 0 Å². The third-order valence-electron chi connectivity index (χ3n) is 4.70. The molecule has 2 aromatic rings. The fraction of sp³-hybridized carbons (Fsp3) is 0.450. The second-order valence-electron chi connectivity index (χ2n) is 6.62. The predicted octanol–water partition coefficient (Wildman–Crippen LogP) is 4.33. The summed E-state index contributed by atoms with van der Waals surface area (Å²) < 4.78 is 0. The number of benzene rings is 1. The lowest BCUT2D eigenvalue weighted by Crippen LogP contribution is -2.44. The number of amides is 1. The van der Waals surface area contributed by atoms with Crippen LogP contribution in [0.2, 0.25) is 0 Å². The van der Waals surface area contributed by atoms with Gasteiger partial charge in [-0.05, 0) is 49.7 Å². The maximum absolute atomic E-state index is 12.7. The molecule has 1 aromatic carbocycles. The largest absolute Gasteiger partial charge is 0.348 e. The molecule has 0 radical (unpaired) electrons. The highest BCUT2D eigenvalue weighted by molar-refractivity contribution is 7.12. The molecule has 0 spiro atoms. The van der Waals surface area contributed by atoms with Crippen LogP contribution in [0.3, 0.4) is 0 Å². The Morgan fingerprint density at radius 3 is 2.58 bits per heavy atom. The summed E-state index contributed by atoms with van der Waals surface area (Å²) in [6, 6.07) is 10.7. The minimum absolute atomic E-state index is 0.0783. The van der Waals surface area contributed by atoms with Crippen molar-refractivity contribution >= 4 is 17.2 Å². The van der Waals surface area contributed by atoms with E-state index >= 15 is 0 Å². The molecule has 128 valence electrons. The van der Waals surface area contributed by atoms with Crippen molar-refractivity contribution < 1.29 is 4.79 Å². The highest BCUT2D eigenvalue weighted by Gasteiger charge is 2.22. The summed E-state index contributed by atoms with van der Waals surface area (Å²) in [5.41, 5.74) is 3.39. The minimum Gasteiger partial charge on any atom is -0.348 e. The first kappa shape index (κ1) is 17.2. The quantitative estimate of drug-likeness (QED) is 0.877. The molecule has 1 saturated heterocycles. The highest BCUT2D eigenvalue weighted by Crippen LogP contribution is 2.29. The molecular formula is C20H26N2OS. The molecule has 1 N–H and O–H groups in total. The van der Waals surface area contributed by atoms with Crippen LogP contribution in [0.15, 0.2) is 35.7 Å². The average Bonchev–Trinajstić information content (AvgIpc) is 3.07. The Morgan fingerprint density at radius 1 is 1.21 bits per heavy atom. The van der Waals surface area contributed by atoms with Gasteiger partial charge in [0.05, 0.1) is 4.88 Å². The third kappa shape index (κ3) is 4.05. The maximum atomic E-state index is 12.7. The molecule has 0 atom stereocenters. The van der Waals surface area contributed by atoms with Crippen molar-refractivity contribution in [1.29, 1.82) is 0 Å². The zero-order valence-corrected chi connectivity index (χ0v) is 15.4. The molecule has 4 heteroatoms. The molecule has 1 aliphatic rings. The Balaban J connectivity index is 1.64. The fourth-order valence-electron chi connectivity index (χ4n) is 3.31. The number of thiophene rings is 1. The van der Waals surface area contributed by atoms with Crippen LogP contribution in [0.5, 0.6) is 0 Å². The van der Waals surface area contributed by atoms with Crippen LogP contribution < -0.4 is 5.32 Å². The fourth-order valence-corrected chi connectivity index (χ4v) is 4.13. The van der Waals surface area contributed by atoms with Crippen LogP contribution in [0, 0.1) is 6.92 Å². The first-order chi connectivity index (χ1) is 11.7. The van der Waals surface area contributed by atoms with Crippen molar-refractivity contribution in [2.75, 3.05) is 19.6 Å². The van der Waals surface area contributed by atoms with E-state index in [1.165, 1.54) is 29.9 Å². The smallest absolute Gasteiger partial charge is 0.262 e. The van der Waals surface area contributed by atoms with E-state index in [9.17, 15) is 4.79 Å². The number of hydrogen-bond donors (Lipinski definition) is 1. The number of rotatable bonds is 5. The first-order valence-electron chi connectivity index (χ1n) is 8.85. The van der Waals surface area contributed by atoms with Crippen LogP contribution in [0.1, 0.15) is 41.4 Å². The number of carbonyl (C=O) groups is 1. The van der Waals surface area contributed by atoms with E-state index in [0.29, 0.717) is 6.04 Å². The van der Waals surface area contributed by atoms with E-state index in [0.717, 1.165) is 41.9 Å².